The van der Waals surface area contributed by atoms with Gasteiger partial charge in [-0.2, -0.15) is 0 Å². The van der Waals surface area contributed by atoms with Crippen LogP contribution in [0.5, 0.6) is 0 Å². The van der Waals surface area contributed by atoms with E-state index in [1.165, 1.54) is 6.07 Å². The number of nitrogens with one attached hydrogen (secondary N) is 1. The molecule has 0 radical (unpaired) electrons. The second-order valence-electron chi connectivity index (χ2n) is 10.4. The summed E-state index contributed by atoms with van der Waals surface area (Å²) in [6.45, 7) is 9.14. The van der Waals surface area contributed by atoms with Crippen molar-refractivity contribution in [1.82, 2.24) is 14.8 Å². The molecule has 3 aromatic rings. The summed E-state index contributed by atoms with van der Waals surface area (Å²) >= 11 is 6.06. The van der Waals surface area contributed by atoms with Gasteiger partial charge in [-0.05, 0) is 48.6 Å². The van der Waals surface area contributed by atoms with Crippen molar-refractivity contribution in [2.75, 3.05) is 25.6 Å². The van der Waals surface area contributed by atoms with E-state index in [0.717, 1.165) is 23.4 Å². The zero-order chi connectivity index (χ0) is 28.6. The zero-order valence-electron chi connectivity index (χ0n) is 22.8. The normalized spacial score (nSPS) is 12.2. The maximum absolute atomic E-state index is 14.8. The lowest BCUT2D eigenvalue weighted by atomic mass is 9.83. The topological polar surface area (TPSA) is 63.6 Å². The third-order valence-corrected chi connectivity index (χ3v) is 6.56. The highest BCUT2D eigenvalue weighted by Crippen LogP contribution is 2.41. The van der Waals surface area contributed by atoms with E-state index < -0.39 is 29.2 Å². The molecule has 0 spiro atoms. The SMILES string of the molecule is CCOC(=O)NCCCN(C(=O)CCl)[C@@H](c1cc(-c2cc(F)ccc2F)cn1Cc1ccccc1)C(C)(C)C. The number of amides is 2. The van der Waals surface area contributed by atoms with Crippen LogP contribution in [0.3, 0.4) is 0 Å². The average molecular weight is 560 g/mol. The number of rotatable bonds is 11. The minimum atomic E-state index is -0.538. The van der Waals surface area contributed by atoms with Gasteiger partial charge in [-0.1, -0.05) is 51.1 Å². The first-order chi connectivity index (χ1) is 18.5. The molecule has 2 amide bonds. The van der Waals surface area contributed by atoms with E-state index in [4.69, 9.17) is 16.3 Å². The molecule has 1 atom stereocenters. The summed E-state index contributed by atoms with van der Waals surface area (Å²) in [5.74, 6) is -1.56. The molecule has 0 unspecified atom stereocenters. The Labute approximate surface area is 233 Å². The third kappa shape index (κ3) is 8.05. The fraction of sp³-hybridized carbons (Fsp3) is 0.400. The Morgan fingerprint density at radius 1 is 1.10 bits per heavy atom. The molecule has 0 aliphatic rings. The molecule has 0 bridgehead atoms. The van der Waals surface area contributed by atoms with Crippen LogP contribution < -0.4 is 5.32 Å². The standard InChI is InChI=1S/C30H36ClF2N3O3/c1-5-39-29(38)34-14-9-15-36(27(37)18-31)28(30(2,3)4)26-16-22(24-17-23(32)12-13-25(24)33)20-35(26)19-21-10-7-6-8-11-21/h6-8,10-13,16-17,20,28H,5,9,14-15,18-19H2,1-4H3,(H,34,38)/t28-/m0/s1. The number of nitrogens with zero attached hydrogens (tertiary/aromatic N) is 2. The van der Waals surface area contributed by atoms with Crippen molar-refractivity contribution in [3.05, 3.63) is 83.7 Å². The molecular weight excluding hydrogens is 524 g/mol. The van der Waals surface area contributed by atoms with Crippen molar-refractivity contribution in [3.63, 3.8) is 0 Å². The van der Waals surface area contributed by atoms with Gasteiger partial charge in [0.25, 0.3) is 0 Å². The van der Waals surface area contributed by atoms with Gasteiger partial charge < -0.3 is 19.5 Å². The molecule has 0 aliphatic carbocycles. The molecule has 1 aromatic heterocycles. The van der Waals surface area contributed by atoms with Gasteiger partial charge in [0.1, 0.15) is 17.5 Å². The lowest BCUT2D eigenvalue weighted by molar-refractivity contribution is -0.133. The number of carbonyl (C=O) groups excluding carboxylic acids is 2. The Bertz CT molecular complexity index is 1260. The van der Waals surface area contributed by atoms with E-state index in [1.807, 2.05) is 61.7 Å². The maximum Gasteiger partial charge on any atom is 0.407 e. The summed E-state index contributed by atoms with van der Waals surface area (Å²) in [7, 11) is 0. The smallest absolute Gasteiger partial charge is 0.407 e. The van der Waals surface area contributed by atoms with E-state index in [2.05, 4.69) is 5.32 Å². The molecule has 6 nitrogen and oxygen atoms in total. The van der Waals surface area contributed by atoms with Crippen molar-refractivity contribution in [2.24, 2.45) is 5.41 Å². The number of alkyl halides is 1. The first kappa shape index (κ1) is 30.2. The number of carbonyl (C=O) groups is 2. The van der Waals surface area contributed by atoms with Crippen LogP contribution in [0.1, 0.15) is 51.4 Å². The second-order valence-corrected chi connectivity index (χ2v) is 10.6. The van der Waals surface area contributed by atoms with Crippen molar-refractivity contribution < 1.29 is 23.1 Å². The van der Waals surface area contributed by atoms with E-state index >= 15 is 0 Å². The third-order valence-electron chi connectivity index (χ3n) is 6.33. The summed E-state index contributed by atoms with van der Waals surface area (Å²) in [5.41, 5.74) is 1.98. The number of aromatic nitrogens is 1. The number of alkyl carbamates (subject to hydrolysis) is 1. The number of halogens is 3. The number of hydrogen-bond acceptors (Lipinski definition) is 3. The molecule has 210 valence electrons. The summed E-state index contributed by atoms with van der Waals surface area (Å²) < 4.78 is 35.8. The molecule has 0 saturated heterocycles. The molecule has 3 rings (SSSR count). The highest BCUT2D eigenvalue weighted by Gasteiger charge is 2.36. The van der Waals surface area contributed by atoms with Crippen molar-refractivity contribution >= 4 is 23.6 Å². The summed E-state index contributed by atoms with van der Waals surface area (Å²) in [4.78, 5) is 26.6. The van der Waals surface area contributed by atoms with Crippen LogP contribution in [0.25, 0.3) is 11.1 Å². The van der Waals surface area contributed by atoms with Gasteiger partial charge in [0.2, 0.25) is 5.91 Å². The van der Waals surface area contributed by atoms with E-state index in [1.54, 1.807) is 18.0 Å². The average Bonchev–Trinajstić information content (AvgIpc) is 3.29. The van der Waals surface area contributed by atoms with Gasteiger partial charge in [0, 0.05) is 42.7 Å². The van der Waals surface area contributed by atoms with Gasteiger partial charge >= 0.3 is 6.09 Å². The maximum atomic E-state index is 14.8. The van der Waals surface area contributed by atoms with Crippen LogP contribution in [0.2, 0.25) is 0 Å². The molecule has 2 aromatic carbocycles. The Morgan fingerprint density at radius 2 is 1.82 bits per heavy atom. The van der Waals surface area contributed by atoms with E-state index in [0.29, 0.717) is 31.6 Å². The quantitative estimate of drug-likeness (QED) is 0.208. The first-order valence-corrected chi connectivity index (χ1v) is 13.5. The Hall–Kier alpha value is -3.39. The predicted molar refractivity (Wildman–Crippen MR) is 150 cm³/mol. The summed E-state index contributed by atoms with van der Waals surface area (Å²) in [6.07, 6.45) is 1.75. The van der Waals surface area contributed by atoms with Crippen LogP contribution in [0.4, 0.5) is 13.6 Å². The van der Waals surface area contributed by atoms with Gasteiger partial charge in [-0.25, -0.2) is 13.6 Å². The van der Waals surface area contributed by atoms with Crippen LogP contribution in [-0.2, 0) is 16.1 Å². The monoisotopic (exact) mass is 559 g/mol. The molecule has 0 fully saturated rings. The minimum absolute atomic E-state index is 0.143. The number of hydrogen-bond donors (Lipinski definition) is 1. The van der Waals surface area contributed by atoms with Gasteiger partial charge in [0.05, 0.1) is 12.6 Å². The summed E-state index contributed by atoms with van der Waals surface area (Å²) in [6, 6.07) is 14.5. The second kappa shape index (κ2) is 13.6. The predicted octanol–water partition coefficient (Wildman–Crippen LogP) is 6.77. The lowest BCUT2D eigenvalue weighted by Crippen LogP contribution is -2.44. The molecule has 39 heavy (non-hydrogen) atoms. The lowest BCUT2D eigenvalue weighted by Gasteiger charge is -2.41. The molecule has 1 heterocycles. The molecule has 9 heteroatoms. The van der Waals surface area contributed by atoms with Gasteiger partial charge in [-0.3, -0.25) is 4.79 Å². The van der Waals surface area contributed by atoms with Crippen molar-refractivity contribution in [2.45, 2.75) is 46.7 Å². The molecule has 1 N–H and O–H groups in total. The van der Waals surface area contributed by atoms with Crippen LogP contribution in [0, 0.1) is 17.0 Å². The summed E-state index contributed by atoms with van der Waals surface area (Å²) in [5, 5.41) is 2.68. The molecule has 0 saturated carbocycles. The highest BCUT2D eigenvalue weighted by molar-refractivity contribution is 6.27. The fourth-order valence-corrected chi connectivity index (χ4v) is 4.86. The Balaban J connectivity index is 2.07. The fourth-order valence-electron chi connectivity index (χ4n) is 4.71. The number of ether oxygens (including phenoxy) is 1. The zero-order valence-corrected chi connectivity index (χ0v) is 23.6. The number of benzene rings is 2. The van der Waals surface area contributed by atoms with E-state index in [9.17, 15) is 18.4 Å². The molecular formula is C30H36ClF2N3O3. The molecule has 0 aliphatic heterocycles. The van der Waals surface area contributed by atoms with Gasteiger partial charge in [0.15, 0.2) is 0 Å². The Morgan fingerprint density at radius 3 is 2.46 bits per heavy atom. The minimum Gasteiger partial charge on any atom is -0.450 e. The largest absolute Gasteiger partial charge is 0.450 e. The van der Waals surface area contributed by atoms with Crippen LogP contribution in [0.15, 0.2) is 60.8 Å². The van der Waals surface area contributed by atoms with Crippen molar-refractivity contribution in [3.8, 4) is 11.1 Å². The van der Waals surface area contributed by atoms with Gasteiger partial charge in [-0.15, -0.1) is 11.6 Å². The Kier molecular flexibility index (Phi) is 10.5. The highest BCUT2D eigenvalue weighted by atomic mass is 35.5. The first-order valence-electron chi connectivity index (χ1n) is 13.0. The van der Waals surface area contributed by atoms with Crippen molar-refractivity contribution in [1.29, 1.82) is 0 Å². The van der Waals surface area contributed by atoms with Crippen LogP contribution >= 0.6 is 11.6 Å². The van der Waals surface area contributed by atoms with E-state index in [-0.39, 0.29) is 24.0 Å². The van der Waals surface area contributed by atoms with Crippen LogP contribution in [-0.4, -0.2) is 47.0 Å².